The molecule has 0 saturated carbocycles. The predicted molar refractivity (Wildman–Crippen MR) is 94.2 cm³/mol. The molecular weight excluding hydrogens is 340 g/mol. The van der Waals surface area contributed by atoms with E-state index in [4.69, 9.17) is 4.74 Å². The lowest BCUT2D eigenvalue weighted by atomic mass is 10.1. The van der Waals surface area contributed by atoms with Gasteiger partial charge in [0.05, 0.1) is 13.2 Å². The Hall–Kier alpha value is -1.97. The Morgan fingerprint density at radius 1 is 1.48 bits per heavy atom. The van der Waals surface area contributed by atoms with Crippen LogP contribution in [0.1, 0.15) is 17.4 Å². The smallest absolute Gasteiger partial charge is 0.242 e. The summed E-state index contributed by atoms with van der Waals surface area (Å²) in [7, 11) is 0. The zero-order valence-electron chi connectivity index (χ0n) is 14.1. The molecular formula is C16H22N6O2S. The number of rotatable bonds is 7. The Morgan fingerprint density at radius 2 is 2.32 bits per heavy atom. The lowest BCUT2D eigenvalue weighted by molar-refractivity contribution is -0.128. The highest BCUT2D eigenvalue weighted by Crippen LogP contribution is 2.21. The topological polar surface area (TPSA) is 96.0 Å². The molecule has 1 saturated heterocycles. The number of pyridine rings is 1. The second kappa shape index (κ2) is 8.93. The molecule has 0 unspecified atom stereocenters. The van der Waals surface area contributed by atoms with Gasteiger partial charge in [-0.1, -0.05) is 17.8 Å². The Balaban J connectivity index is 1.57. The number of ether oxygens (including phenoxy) is 1. The van der Waals surface area contributed by atoms with E-state index >= 15 is 0 Å². The molecule has 8 nitrogen and oxygen atoms in total. The first-order valence-electron chi connectivity index (χ1n) is 8.25. The van der Waals surface area contributed by atoms with Gasteiger partial charge in [-0.05, 0) is 18.6 Å². The van der Waals surface area contributed by atoms with Gasteiger partial charge in [0.2, 0.25) is 11.1 Å². The molecule has 0 spiro atoms. The largest absolute Gasteiger partial charge is 0.379 e. The fourth-order valence-electron chi connectivity index (χ4n) is 2.70. The predicted octanol–water partition coefficient (Wildman–Crippen LogP) is 0.790. The summed E-state index contributed by atoms with van der Waals surface area (Å²) in [5, 5.41) is 10.6. The third-order valence-electron chi connectivity index (χ3n) is 3.87. The summed E-state index contributed by atoms with van der Waals surface area (Å²) in [4.78, 5) is 23.3. The summed E-state index contributed by atoms with van der Waals surface area (Å²) in [6, 6.07) is 3.46. The first-order valence-corrected chi connectivity index (χ1v) is 9.24. The maximum atomic E-state index is 12.8. The van der Waals surface area contributed by atoms with Crippen molar-refractivity contribution in [3.8, 4) is 0 Å². The monoisotopic (exact) mass is 362 g/mol. The van der Waals surface area contributed by atoms with Gasteiger partial charge in [0.1, 0.15) is 11.9 Å². The lowest BCUT2D eigenvalue weighted by Gasteiger charge is -2.33. The van der Waals surface area contributed by atoms with Gasteiger partial charge in [-0.2, -0.15) is 0 Å². The van der Waals surface area contributed by atoms with Crippen molar-refractivity contribution in [2.24, 2.45) is 0 Å². The third kappa shape index (κ3) is 5.00. The number of nitrogens with zero attached hydrogens (tertiary/aromatic N) is 4. The number of carbonyl (C=O) groups is 1. The number of carbonyl (C=O) groups excluding carboxylic acids is 1. The van der Waals surface area contributed by atoms with Crippen molar-refractivity contribution in [3.05, 3.63) is 35.9 Å². The Kier molecular flexibility index (Phi) is 6.37. The van der Waals surface area contributed by atoms with Gasteiger partial charge < -0.3 is 10.1 Å². The number of thioether (sulfide) groups is 1. The molecule has 0 radical (unpaired) electrons. The highest BCUT2D eigenvalue weighted by molar-refractivity contribution is 7.99. The van der Waals surface area contributed by atoms with E-state index in [2.05, 4.69) is 30.4 Å². The zero-order chi connectivity index (χ0) is 17.5. The van der Waals surface area contributed by atoms with Crippen molar-refractivity contribution in [1.82, 2.24) is 30.4 Å². The van der Waals surface area contributed by atoms with Crippen LogP contribution < -0.4 is 5.32 Å². The van der Waals surface area contributed by atoms with Gasteiger partial charge in [0.15, 0.2) is 0 Å². The van der Waals surface area contributed by atoms with Crippen LogP contribution in [0.3, 0.4) is 0 Å². The van der Waals surface area contributed by atoms with Gasteiger partial charge in [-0.3, -0.25) is 19.8 Å². The van der Waals surface area contributed by atoms with Crippen LogP contribution >= 0.6 is 11.8 Å². The average Bonchev–Trinajstić information content (AvgIpc) is 3.06. The number of amides is 1. The van der Waals surface area contributed by atoms with Gasteiger partial charge in [0.25, 0.3) is 0 Å². The molecule has 134 valence electrons. The second-order valence-electron chi connectivity index (χ2n) is 5.68. The summed E-state index contributed by atoms with van der Waals surface area (Å²) in [6.45, 7) is 5.17. The summed E-state index contributed by atoms with van der Waals surface area (Å²) in [5.74, 6) is 1.49. The van der Waals surface area contributed by atoms with Crippen molar-refractivity contribution < 1.29 is 9.53 Å². The molecule has 1 atom stereocenters. The summed E-state index contributed by atoms with van der Waals surface area (Å²) < 4.78 is 5.41. The fourth-order valence-corrected chi connectivity index (χ4v) is 3.40. The van der Waals surface area contributed by atoms with Crippen LogP contribution in [0.2, 0.25) is 0 Å². The van der Waals surface area contributed by atoms with E-state index in [1.54, 1.807) is 12.4 Å². The van der Waals surface area contributed by atoms with E-state index in [0.29, 0.717) is 30.7 Å². The van der Waals surface area contributed by atoms with Crippen molar-refractivity contribution in [2.75, 3.05) is 38.6 Å². The lowest BCUT2D eigenvalue weighted by Crippen LogP contribution is -2.46. The van der Waals surface area contributed by atoms with Crippen LogP contribution in [0.15, 0.2) is 29.7 Å². The van der Waals surface area contributed by atoms with Crippen LogP contribution in [-0.2, 0) is 9.53 Å². The number of aryl methyl sites for hydroxylation is 1. The highest BCUT2D eigenvalue weighted by atomic mass is 32.2. The van der Waals surface area contributed by atoms with Gasteiger partial charge in [0, 0.05) is 37.8 Å². The van der Waals surface area contributed by atoms with Crippen LogP contribution in [0.5, 0.6) is 0 Å². The van der Waals surface area contributed by atoms with E-state index in [1.165, 1.54) is 11.8 Å². The van der Waals surface area contributed by atoms with Crippen LogP contribution in [0.25, 0.3) is 0 Å². The highest BCUT2D eigenvalue weighted by Gasteiger charge is 2.28. The van der Waals surface area contributed by atoms with Crippen LogP contribution in [-0.4, -0.2) is 69.6 Å². The summed E-state index contributed by atoms with van der Waals surface area (Å²) >= 11 is 1.51. The first kappa shape index (κ1) is 17.8. The van der Waals surface area contributed by atoms with E-state index in [0.717, 1.165) is 24.5 Å². The molecule has 1 amide bonds. The Labute approximate surface area is 150 Å². The number of aromatic nitrogens is 4. The third-order valence-corrected chi connectivity index (χ3v) is 4.72. The van der Waals surface area contributed by atoms with E-state index < -0.39 is 0 Å². The Bertz CT molecular complexity index is 674. The van der Waals surface area contributed by atoms with Crippen molar-refractivity contribution in [1.29, 1.82) is 0 Å². The number of nitrogens with one attached hydrogen (secondary N) is 2. The molecule has 25 heavy (non-hydrogen) atoms. The fraction of sp³-hybridized carbons (Fsp3) is 0.500. The first-order chi connectivity index (χ1) is 12.2. The van der Waals surface area contributed by atoms with Crippen molar-refractivity contribution in [2.45, 2.75) is 18.1 Å². The molecule has 0 aliphatic carbocycles. The maximum Gasteiger partial charge on any atom is 0.242 e. The molecule has 3 rings (SSSR count). The van der Waals surface area contributed by atoms with Crippen molar-refractivity contribution in [3.63, 3.8) is 0 Å². The van der Waals surface area contributed by atoms with Crippen LogP contribution in [0, 0.1) is 6.92 Å². The van der Waals surface area contributed by atoms with E-state index in [9.17, 15) is 4.79 Å². The van der Waals surface area contributed by atoms with Crippen LogP contribution in [0.4, 0.5) is 0 Å². The quantitative estimate of drug-likeness (QED) is 0.555. The minimum absolute atomic E-state index is 0.0123. The molecule has 9 heteroatoms. The number of aromatic amines is 1. The molecule has 1 fully saturated rings. The normalized spacial score (nSPS) is 16.5. The number of hydrogen-bond acceptors (Lipinski definition) is 7. The second-order valence-corrected chi connectivity index (χ2v) is 6.74. The van der Waals surface area contributed by atoms with Gasteiger partial charge >= 0.3 is 0 Å². The minimum atomic E-state index is -0.339. The SMILES string of the molecule is Cc1nc(SCCNC(=O)[C@H](c2cccnc2)N2CCOCC2)n[nH]1. The number of H-pyrrole nitrogens is 1. The molecule has 2 N–H and O–H groups in total. The summed E-state index contributed by atoms with van der Waals surface area (Å²) in [6.07, 6.45) is 3.47. The summed E-state index contributed by atoms with van der Waals surface area (Å²) in [5.41, 5.74) is 0.902. The zero-order valence-corrected chi connectivity index (χ0v) is 15.0. The maximum absolute atomic E-state index is 12.8. The van der Waals surface area contributed by atoms with E-state index in [-0.39, 0.29) is 11.9 Å². The number of hydrogen-bond donors (Lipinski definition) is 2. The standard InChI is InChI=1S/C16H22N6O2S/c1-12-19-16(21-20-12)25-10-5-18-15(23)14(13-3-2-4-17-11-13)22-6-8-24-9-7-22/h2-4,11,14H,5-10H2,1H3,(H,18,23)(H,19,20,21)/t14-/m0/s1. The number of morpholine rings is 1. The molecule has 1 aliphatic rings. The molecule has 3 heterocycles. The Morgan fingerprint density at radius 3 is 3.00 bits per heavy atom. The molecule has 2 aromatic rings. The molecule has 0 bridgehead atoms. The molecule has 0 aromatic carbocycles. The van der Waals surface area contributed by atoms with Gasteiger partial charge in [-0.15, -0.1) is 5.10 Å². The van der Waals surface area contributed by atoms with Crippen molar-refractivity contribution >= 4 is 17.7 Å². The minimum Gasteiger partial charge on any atom is -0.379 e. The molecule has 1 aliphatic heterocycles. The van der Waals surface area contributed by atoms with E-state index in [1.807, 2.05) is 19.1 Å². The molecule has 2 aromatic heterocycles. The average molecular weight is 362 g/mol. The van der Waals surface area contributed by atoms with Gasteiger partial charge in [-0.25, -0.2) is 4.98 Å².